The molecule has 1 unspecified atom stereocenters. The van der Waals surface area contributed by atoms with Gasteiger partial charge in [-0.1, -0.05) is 120 Å². The molecule has 1 aliphatic carbocycles. The Labute approximate surface area is 177 Å². The Morgan fingerprint density at radius 2 is 1.34 bits per heavy atom. The van der Waals surface area contributed by atoms with Gasteiger partial charge in [-0.05, 0) is 12.3 Å². The Morgan fingerprint density at radius 1 is 0.759 bits per heavy atom. The van der Waals surface area contributed by atoms with Gasteiger partial charge in [-0.15, -0.1) is 0 Å². The lowest BCUT2D eigenvalue weighted by Crippen LogP contribution is -2.13. The van der Waals surface area contributed by atoms with Crippen molar-refractivity contribution < 1.29 is 14.3 Å². The smallest absolute Gasteiger partial charge is 0.306 e. The molecule has 29 heavy (non-hydrogen) atoms. The van der Waals surface area contributed by atoms with E-state index < -0.39 is 0 Å². The van der Waals surface area contributed by atoms with Crippen LogP contribution in [0, 0.1) is 5.92 Å². The van der Waals surface area contributed by atoms with Crippen molar-refractivity contribution in [3.8, 4) is 0 Å². The largest absolute Gasteiger partial charge is 0.457 e. The van der Waals surface area contributed by atoms with E-state index in [1.165, 1.54) is 83.5 Å². The van der Waals surface area contributed by atoms with Gasteiger partial charge in [0.25, 0.3) is 0 Å². The second-order valence-corrected chi connectivity index (χ2v) is 8.67. The molecule has 0 heterocycles. The molecule has 3 heteroatoms. The van der Waals surface area contributed by atoms with Crippen LogP contribution in [0.2, 0.25) is 0 Å². The van der Waals surface area contributed by atoms with E-state index in [1.54, 1.807) is 12.1 Å². The molecule has 0 aromatic heterocycles. The highest BCUT2D eigenvalue weighted by atomic mass is 16.5. The van der Waals surface area contributed by atoms with E-state index in [2.05, 4.69) is 0 Å². The van der Waals surface area contributed by atoms with E-state index in [-0.39, 0.29) is 18.4 Å². The molecule has 0 spiro atoms. The first-order valence-electron chi connectivity index (χ1n) is 12.0. The topological polar surface area (TPSA) is 43.4 Å². The normalized spacial score (nSPS) is 16.9. The summed E-state index contributed by atoms with van der Waals surface area (Å²) in [5.74, 6) is 0.617. The summed E-state index contributed by atoms with van der Waals surface area (Å²) in [6.45, 7) is -0.149. The van der Waals surface area contributed by atoms with Crippen LogP contribution in [0.3, 0.4) is 0 Å². The molecule has 0 amide bonds. The maximum absolute atomic E-state index is 11.9. The minimum atomic E-state index is -0.257. The van der Waals surface area contributed by atoms with Gasteiger partial charge in [0.05, 0.1) is 0 Å². The molecule has 0 aliphatic heterocycles. The number of hydrogen-bond donors (Lipinski definition) is 0. The minimum Gasteiger partial charge on any atom is -0.457 e. The Balaban J connectivity index is 1.36. The van der Waals surface area contributed by atoms with Crippen molar-refractivity contribution in [1.29, 1.82) is 0 Å². The van der Waals surface area contributed by atoms with Crippen LogP contribution in [0.1, 0.15) is 113 Å². The third kappa shape index (κ3) is 11.2. The Hall–Kier alpha value is -1.64. The lowest BCUT2D eigenvalue weighted by atomic mass is 9.93. The SMILES string of the molecule is O=C(CCCCCCCCCCC1CCC[13CH2]CC1)OCC(=O)c1ccccc1. The number of esters is 1. The number of ketones is 1. The Bertz CT molecular complexity index is 559. The highest BCUT2D eigenvalue weighted by Crippen LogP contribution is 2.27. The maximum Gasteiger partial charge on any atom is 0.306 e. The lowest BCUT2D eigenvalue weighted by molar-refractivity contribution is -0.142. The molecule has 1 aromatic rings. The van der Waals surface area contributed by atoms with Crippen LogP contribution in [0.15, 0.2) is 30.3 Å². The van der Waals surface area contributed by atoms with Gasteiger partial charge in [-0.2, -0.15) is 0 Å². The average molecular weight is 402 g/mol. The maximum atomic E-state index is 11.9. The second-order valence-electron chi connectivity index (χ2n) is 8.67. The molecule has 0 N–H and O–H groups in total. The first kappa shape index (κ1) is 23.6. The summed E-state index contributed by atoms with van der Waals surface area (Å²) in [5.41, 5.74) is 0.592. The van der Waals surface area contributed by atoms with Crippen molar-refractivity contribution in [1.82, 2.24) is 0 Å². The number of Topliss-reactive ketones (excluding diaryl/α,β-unsaturated/α-hetero) is 1. The summed E-state index contributed by atoms with van der Waals surface area (Å²) in [7, 11) is 0. The molecule has 3 nitrogen and oxygen atoms in total. The van der Waals surface area contributed by atoms with Crippen LogP contribution >= 0.6 is 0 Å². The molecule has 1 saturated carbocycles. The second kappa shape index (κ2) is 15.2. The van der Waals surface area contributed by atoms with Crippen LogP contribution < -0.4 is 0 Å². The van der Waals surface area contributed by atoms with Crippen molar-refractivity contribution >= 4 is 11.8 Å². The summed E-state index contributed by atoms with van der Waals surface area (Å²) in [4.78, 5) is 23.7. The molecule has 0 bridgehead atoms. The summed E-state index contributed by atoms with van der Waals surface area (Å²) >= 11 is 0. The van der Waals surface area contributed by atoms with E-state index >= 15 is 0 Å². The quantitative estimate of drug-likeness (QED) is 0.108. The fourth-order valence-electron chi connectivity index (χ4n) is 4.34. The van der Waals surface area contributed by atoms with E-state index in [1.807, 2.05) is 18.2 Å². The zero-order valence-corrected chi connectivity index (χ0v) is 18.2. The van der Waals surface area contributed by atoms with E-state index in [9.17, 15) is 9.59 Å². The van der Waals surface area contributed by atoms with Crippen molar-refractivity contribution in [2.75, 3.05) is 6.61 Å². The Morgan fingerprint density at radius 3 is 2.00 bits per heavy atom. The van der Waals surface area contributed by atoms with Gasteiger partial charge in [-0.25, -0.2) is 0 Å². The molecule has 0 saturated heterocycles. The zero-order chi connectivity index (χ0) is 20.6. The van der Waals surface area contributed by atoms with Gasteiger partial charge in [-0.3, -0.25) is 9.59 Å². The van der Waals surface area contributed by atoms with Gasteiger partial charge in [0.2, 0.25) is 0 Å². The van der Waals surface area contributed by atoms with E-state index in [0.717, 1.165) is 18.8 Å². The molecular formula is C26H40O3. The monoisotopic (exact) mass is 401 g/mol. The van der Waals surface area contributed by atoms with Crippen LogP contribution in [0.5, 0.6) is 0 Å². The zero-order valence-electron chi connectivity index (χ0n) is 18.2. The number of rotatable bonds is 14. The summed E-state index contributed by atoms with van der Waals surface area (Å²) < 4.78 is 5.10. The number of benzene rings is 1. The predicted molar refractivity (Wildman–Crippen MR) is 119 cm³/mol. The molecule has 1 aliphatic rings. The molecule has 1 atom stereocenters. The number of ether oxygens (including phenoxy) is 1. The number of carbonyl (C=O) groups excluding carboxylic acids is 2. The van der Waals surface area contributed by atoms with Gasteiger partial charge < -0.3 is 4.74 Å². The number of hydrogen-bond acceptors (Lipinski definition) is 3. The molecule has 2 rings (SSSR count). The van der Waals surface area contributed by atoms with Crippen molar-refractivity contribution in [2.24, 2.45) is 5.92 Å². The van der Waals surface area contributed by atoms with Gasteiger partial charge in [0.1, 0.15) is 0 Å². The fourth-order valence-corrected chi connectivity index (χ4v) is 4.34. The first-order valence-corrected chi connectivity index (χ1v) is 12.0. The Kier molecular flexibility index (Phi) is 12.4. The minimum absolute atomic E-state index is 0.141. The fraction of sp³-hybridized carbons (Fsp3) is 0.692. The highest BCUT2D eigenvalue weighted by molar-refractivity contribution is 5.97. The van der Waals surface area contributed by atoms with E-state index in [0.29, 0.717) is 12.0 Å². The lowest BCUT2D eigenvalue weighted by Gasteiger charge is -2.13. The third-order valence-electron chi connectivity index (χ3n) is 6.18. The average Bonchev–Trinajstić information content (AvgIpc) is 3.03. The first-order chi connectivity index (χ1) is 14.3. The van der Waals surface area contributed by atoms with Crippen LogP contribution in [-0.2, 0) is 9.53 Å². The molecule has 1 fully saturated rings. The van der Waals surface area contributed by atoms with Crippen LogP contribution in [-0.4, -0.2) is 18.4 Å². The van der Waals surface area contributed by atoms with Crippen LogP contribution in [0.4, 0.5) is 0 Å². The molecule has 162 valence electrons. The van der Waals surface area contributed by atoms with Crippen molar-refractivity contribution in [2.45, 2.75) is 103 Å². The van der Waals surface area contributed by atoms with E-state index in [4.69, 9.17) is 4.74 Å². The number of carbonyl (C=O) groups is 2. The van der Waals surface area contributed by atoms with Gasteiger partial charge in [0, 0.05) is 12.0 Å². The highest BCUT2D eigenvalue weighted by Gasteiger charge is 2.11. The van der Waals surface area contributed by atoms with Gasteiger partial charge in [0.15, 0.2) is 12.4 Å². The molecule has 0 radical (unpaired) electrons. The summed E-state index contributed by atoms with van der Waals surface area (Å²) in [6.07, 6.45) is 20.5. The summed E-state index contributed by atoms with van der Waals surface area (Å²) in [6, 6.07) is 8.97. The van der Waals surface area contributed by atoms with Crippen molar-refractivity contribution in [3.05, 3.63) is 35.9 Å². The van der Waals surface area contributed by atoms with Crippen LogP contribution in [0.25, 0.3) is 0 Å². The standard InChI is InChI=1S/C26H40O3/c27-25(24-19-13-9-14-20-24)22-29-26(28)21-15-6-4-2-1-3-5-10-16-23-17-11-7-8-12-18-23/h9,13-14,19-20,23H,1-8,10-12,15-18,21-22H2/i7+1. The third-order valence-corrected chi connectivity index (χ3v) is 6.18. The number of unbranched alkanes of at least 4 members (excludes halogenated alkanes) is 7. The van der Waals surface area contributed by atoms with Crippen molar-refractivity contribution in [3.63, 3.8) is 0 Å². The summed E-state index contributed by atoms with van der Waals surface area (Å²) in [5, 5.41) is 0. The molecule has 1 aromatic carbocycles. The van der Waals surface area contributed by atoms with Gasteiger partial charge >= 0.3 is 5.97 Å². The predicted octanol–water partition coefficient (Wildman–Crippen LogP) is 7.28. The molecular weight excluding hydrogens is 361 g/mol.